The van der Waals surface area contributed by atoms with Crippen molar-refractivity contribution in [2.45, 2.75) is 49.6 Å². The molecule has 122 valence electrons. The number of halogens is 1. The van der Waals surface area contributed by atoms with Gasteiger partial charge in [0.2, 0.25) is 0 Å². The van der Waals surface area contributed by atoms with Crippen LogP contribution in [0.1, 0.15) is 38.2 Å². The molecule has 1 aromatic heterocycles. The number of nitrogens with zero attached hydrogens (tertiary/aromatic N) is 5. The van der Waals surface area contributed by atoms with Gasteiger partial charge in [0.25, 0.3) is 0 Å². The minimum Gasteiger partial charge on any atom is -0.323 e. The van der Waals surface area contributed by atoms with Crippen molar-refractivity contribution in [3.8, 4) is 0 Å². The number of benzene rings is 1. The van der Waals surface area contributed by atoms with Crippen LogP contribution < -0.4 is 0 Å². The third-order valence-corrected chi connectivity index (χ3v) is 4.75. The summed E-state index contributed by atoms with van der Waals surface area (Å²) in [5.41, 5.74) is 9.53. The first-order chi connectivity index (χ1) is 11.1. The van der Waals surface area contributed by atoms with Crippen molar-refractivity contribution in [3.63, 3.8) is 0 Å². The Labute approximate surface area is 145 Å². The Hall–Kier alpha value is -1.62. The Balaban J connectivity index is 2.40. The number of azide groups is 1. The van der Waals surface area contributed by atoms with E-state index in [-0.39, 0.29) is 0 Å². The molecule has 0 saturated heterocycles. The summed E-state index contributed by atoms with van der Waals surface area (Å²) in [5.74, 6) is 1.29. The zero-order valence-electron chi connectivity index (χ0n) is 13.5. The lowest BCUT2D eigenvalue weighted by atomic mass is 10.1. The SMILES string of the molecule is CCn1c(CCN=[N+]=[N-])nc(C(C)C)c1Sc1cccc(Cl)c1. The lowest BCUT2D eigenvalue weighted by Gasteiger charge is -2.11. The fourth-order valence-corrected chi connectivity index (χ4v) is 3.88. The van der Waals surface area contributed by atoms with E-state index < -0.39 is 0 Å². The summed E-state index contributed by atoms with van der Waals surface area (Å²) in [6, 6.07) is 7.84. The van der Waals surface area contributed by atoms with Crippen LogP contribution in [-0.2, 0) is 13.0 Å². The zero-order chi connectivity index (χ0) is 16.8. The molecule has 1 heterocycles. The van der Waals surface area contributed by atoms with E-state index >= 15 is 0 Å². The van der Waals surface area contributed by atoms with E-state index in [0.717, 1.165) is 33.0 Å². The van der Waals surface area contributed by atoms with Gasteiger partial charge in [-0.15, -0.1) is 0 Å². The Morgan fingerprint density at radius 1 is 1.43 bits per heavy atom. The van der Waals surface area contributed by atoms with Gasteiger partial charge in [-0.25, -0.2) is 4.98 Å². The molecule has 0 N–H and O–H groups in total. The molecule has 23 heavy (non-hydrogen) atoms. The van der Waals surface area contributed by atoms with Crippen LogP contribution in [0.15, 0.2) is 39.3 Å². The maximum Gasteiger partial charge on any atom is 0.110 e. The molecule has 0 saturated carbocycles. The highest BCUT2D eigenvalue weighted by molar-refractivity contribution is 7.99. The summed E-state index contributed by atoms with van der Waals surface area (Å²) in [7, 11) is 0. The van der Waals surface area contributed by atoms with Gasteiger partial charge in [0, 0.05) is 34.3 Å². The average molecular weight is 350 g/mol. The fraction of sp³-hybridized carbons (Fsp3) is 0.438. The van der Waals surface area contributed by atoms with Gasteiger partial charge < -0.3 is 4.57 Å². The van der Waals surface area contributed by atoms with E-state index in [1.165, 1.54) is 0 Å². The molecule has 0 fully saturated rings. The van der Waals surface area contributed by atoms with Crippen LogP contribution in [-0.4, -0.2) is 16.1 Å². The van der Waals surface area contributed by atoms with Gasteiger partial charge in [0.15, 0.2) is 0 Å². The van der Waals surface area contributed by atoms with Gasteiger partial charge in [-0.05, 0) is 36.6 Å². The highest BCUT2D eigenvalue weighted by atomic mass is 35.5. The minimum atomic E-state index is 0.322. The van der Waals surface area contributed by atoms with Crippen molar-refractivity contribution in [1.82, 2.24) is 9.55 Å². The van der Waals surface area contributed by atoms with Crippen molar-refractivity contribution < 1.29 is 0 Å². The molecule has 7 heteroatoms. The summed E-state index contributed by atoms with van der Waals surface area (Å²) in [4.78, 5) is 8.71. The van der Waals surface area contributed by atoms with Crippen LogP contribution >= 0.6 is 23.4 Å². The summed E-state index contributed by atoms with van der Waals surface area (Å²) in [6.07, 6.45) is 0.647. The van der Waals surface area contributed by atoms with Gasteiger partial charge in [0.1, 0.15) is 10.9 Å². The molecule has 0 aliphatic rings. The second-order valence-electron chi connectivity index (χ2n) is 5.38. The molecule has 2 aromatic rings. The maximum absolute atomic E-state index is 8.45. The Morgan fingerprint density at radius 2 is 2.22 bits per heavy atom. The molecule has 5 nitrogen and oxygen atoms in total. The number of rotatable bonds is 7. The van der Waals surface area contributed by atoms with Gasteiger partial charge >= 0.3 is 0 Å². The normalized spacial score (nSPS) is 10.8. The Kier molecular flexibility index (Phi) is 6.39. The second kappa shape index (κ2) is 8.29. The smallest absolute Gasteiger partial charge is 0.110 e. The van der Waals surface area contributed by atoms with Crippen molar-refractivity contribution in [1.29, 1.82) is 0 Å². The second-order valence-corrected chi connectivity index (χ2v) is 6.88. The molecule has 0 atom stereocenters. The third kappa shape index (κ3) is 4.44. The molecule has 0 bridgehead atoms. The molecule has 0 aliphatic carbocycles. The molecule has 1 aromatic carbocycles. The number of hydrogen-bond donors (Lipinski definition) is 0. The number of aromatic nitrogens is 2. The molecule has 0 radical (unpaired) electrons. The molecular weight excluding hydrogens is 330 g/mol. The van der Waals surface area contributed by atoms with Crippen LogP contribution in [0.5, 0.6) is 0 Å². The highest BCUT2D eigenvalue weighted by Gasteiger charge is 2.19. The Bertz CT molecular complexity index is 719. The van der Waals surface area contributed by atoms with Crippen LogP contribution in [0.2, 0.25) is 5.02 Å². The standard InChI is InChI=1S/C16H20ClN5S/c1-4-22-14(8-9-19-21-18)20-15(11(2)3)16(22)23-13-7-5-6-12(17)10-13/h5-7,10-11H,4,8-9H2,1-3H3. The predicted molar refractivity (Wildman–Crippen MR) is 95.3 cm³/mol. The third-order valence-electron chi connectivity index (χ3n) is 3.40. The van der Waals surface area contributed by atoms with Crippen LogP contribution in [0.25, 0.3) is 10.4 Å². The molecule has 0 aliphatic heterocycles. The quantitative estimate of drug-likeness (QED) is 0.366. The first kappa shape index (κ1) is 17.7. The van der Waals surface area contributed by atoms with Crippen LogP contribution in [0.3, 0.4) is 0 Å². The van der Waals surface area contributed by atoms with Crippen LogP contribution in [0, 0.1) is 0 Å². The first-order valence-electron chi connectivity index (χ1n) is 7.60. The molecule has 0 amide bonds. The summed E-state index contributed by atoms with van der Waals surface area (Å²) >= 11 is 7.78. The monoisotopic (exact) mass is 349 g/mol. The minimum absolute atomic E-state index is 0.322. The Morgan fingerprint density at radius 3 is 2.83 bits per heavy atom. The van der Waals surface area contributed by atoms with Gasteiger partial charge in [-0.1, -0.05) is 48.4 Å². The topological polar surface area (TPSA) is 66.6 Å². The fourth-order valence-electron chi connectivity index (χ4n) is 2.34. The lowest BCUT2D eigenvalue weighted by molar-refractivity contribution is 0.642. The predicted octanol–water partition coefficient (Wildman–Crippen LogP) is 5.68. The number of imidazole rings is 1. The van der Waals surface area contributed by atoms with E-state index in [2.05, 4.69) is 35.4 Å². The summed E-state index contributed by atoms with van der Waals surface area (Å²) in [6.45, 7) is 7.63. The molecule has 2 rings (SSSR count). The first-order valence-corrected chi connectivity index (χ1v) is 8.79. The van der Waals surface area contributed by atoms with Crippen molar-refractivity contribution in [2.75, 3.05) is 6.54 Å². The highest BCUT2D eigenvalue weighted by Crippen LogP contribution is 2.35. The molecular formula is C16H20ClN5S. The van der Waals surface area contributed by atoms with E-state index in [1.54, 1.807) is 11.8 Å². The van der Waals surface area contributed by atoms with Crippen LogP contribution in [0.4, 0.5) is 0 Å². The maximum atomic E-state index is 8.45. The van der Waals surface area contributed by atoms with E-state index in [1.807, 2.05) is 24.3 Å². The zero-order valence-corrected chi connectivity index (χ0v) is 15.1. The van der Waals surface area contributed by atoms with E-state index in [9.17, 15) is 0 Å². The molecule has 0 unspecified atom stereocenters. The van der Waals surface area contributed by atoms with Gasteiger partial charge in [-0.3, -0.25) is 0 Å². The summed E-state index contributed by atoms with van der Waals surface area (Å²) < 4.78 is 2.20. The van der Waals surface area contributed by atoms with E-state index in [0.29, 0.717) is 18.9 Å². The largest absolute Gasteiger partial charge is 0.323 e. The average Bonchev–Trinajstić information content (AvgIpc) is 2.85. The number of hydrogen-bond acceptors (Lipinski definition) is 3. The van der Waals surface area contributed by atoms with Crippen molar-refractivity contribution >= 4 is 23.4 Å². The van der Waals surface area contributed by atoms with Crippen molar-refractivity contribution in [2.24, 2.45) is 5.11 Å². The van der Waals surface area contributed by atoms with Crippen molar-refractivity contribution in [3.05, 3.63) is 51.2 Å². The lowest BCUT2D eigenvalue weighted by Crippen LogP contribution is -2.04. The van der Waals surface area contributed by atoms with Gasteiger partial charge in [-0.2, -0.15) is 0 Å². The molecule has 0 spiro atoms. The summed E-state index contributed by atoms with van der Waals surface area (Å²) in [5, 5.41) is 5.49. The van der Waals surface area contributed by atoms with E-state index in [4.69, 9.17) is 22.1 Å². The van der Waals surface area contributed by atoms with Gasteiger partial charge in [0.05, 0.1) is 5.69 Å².